The Labute approximate surface area is 86.6 Å². The van der Waals surface area contributed by atoms with Gasteiger partial charge in [0.25, 0.3) is 0 Å². The van der Waals surface area contributed by atoms with Crippen LogP contribution in [0.1, 0.15) is 52.4 Å². The third kappa shape index (κ3) is 2.29. The quantitative estimate of drug-likeness (QED) is 0.738. The molecule has 2 saturated carbocycles. The van der Waals surface area contributed by atoms with Crippen LogP contribution in [-0.2, 0) is 4.74 Å². The maximum atomic E-state index is 9.84. The van der Waals surface area contributed by atoms with Crippen molar-refractivity contribution in [1.29, 1.82) is 0 Å². The second-order valence-electron chi connectivity index (χ2n) is 5.70. The lowest BCUT2D eigenvalue weighted by Gasteiger charge is -2.41. The molecule has 0 radical (unpaired) electrons. The van der Waals surface area contributed by atoms with Crippen LogP contribution in [0.3, 0.4) is 0 Å². The summed E-state index contributed by atoms with van der Waals surface area (Å²) in [6.07, 6.45) is 7.08. The topological polar surface area (TPSA) is 29.5 Å². The molecule has 2 nitrogen and oxygen atoms in total. The van der Waals surface area contributed by atoms with E-state index in [4.69, 9.17) is 4.74 Å². The van der Waals surface area contributed by atoms with E-state index in [9.17, 15) is 5.11 Å². The molecule has 0 saturated heterocycles. The Morgan fingerprint density at radius 3 is 2.50 bits per heavy atom. The summed E-state index contributed by atoms with van der Waals surface area (Å²) >= 11 is 0. The third-order valence-electron chi connectivity index (χ3n) is 3.72. The van der Waals surface area contributed by atoms with E-state index in [0.717, 1.165) is 19.3 Å². The van der Waals surface area contributed by atoms with Crippen LogP contribution in [0.15, 0.2) is 0 Å². The van der Waals surface area contributed by atoms with Crippen molar-refractivity contribution in [3.05, 3.63) is 0 Å². The van der Waals surface area contributed by atoms with Crippen molar-refractivity contribution in [3.63, 3.8) is 0 Å². The molecule has 2 rings (SSSR count). The van der Waals surface area contributed by atoms with E-state index in [-0.39, 0.29) is 12.2 Å². The van der Waals surface area contributed by atoms with Gasteiger partial charge in [0.15, 0.2) is 0 Å². The summed E-state index contributed by atoms with van der Waals surface area (Å²) in [5, 5.41) is 9.84. The van der Waals surface area contributed by atoms with Gasteiger partial charge in [-0.15, -0.1) is 0 Å². The van der Waals surface area contributed by atoms with E-state index in [2.05, 4.69) is 13.8 Å². The van der Waals surface area contributed by atoms with Crippen LogP contribution >= 0.6 is 0 Å². The van der Waals surface area contributed by atoms with Crippen LogP contribution < -0.4 is 0 Å². The van der Waals surface area contributed by atoms with Crippen LogP contribution in [-0.4, -0.2) is 23.4 Å². The summed E-state index contributed by atoms with van der Waals surface area (Å²) in [5.74, 6) is 0. The lowest BCUT2D eigenvalue weighted by molar-refractivity contribution is -0.134. The monoisotopic (exact) mass is 198 g/mol. The van der Waals surface area contributed by atoms with Gasteiger partial charge in [0.2, 0.25) is 0 Å². The Bertz CT molecular complexity index is 196. The summed E-state index contributed by atoms with van der Waals surface area (Å²) in [6, 6.07) is 0. The van der Waals surface area contributed by atoms with Crippen molar-refractivity contribution in [3.8, 4) is 0 Å². The Hall–Kier alpha value is -0.0800. The molecule has 14 heavy (non-hydrogen) atoms. The van der Waals surface area contributed by atoms with Gasteiger partial charge in [-0.2, -0.15) is 0 Å². The molecule has 0 aromatic heterocycles. The van der Waals surface area contributed by atoms with Crippen LogP contribution in [0.25, 0.3) is 0 Å². The van der Waals surface area contributed by atoms with E-state index in [1.54, 1.807) is 0 Å². The van der Waals surface area contributed by atoms with Crippen molar-refractivity contribution in [2.24, 2.45) is 5.41 Å². The van der Waals surface area contributed by atoms with E-state index in [1.807, 2.05) is 0 Å². The van der Waals surface area contributed by atoms with Gasteiger partial charge in [-0.3, -0.25) is 0 Å². The molecule has 0 bridgehead atoms. The molecule has 1 N–H and O–H groups in total. The number of hydrogen-bond acceptors (Lipinski definition) is 2. The third-order valence-corrected chi connectivity index (χ3v) is 3.72. The van der Waals surface area contributed by atoms with Gasteiger partial charge in [0, 0.05) is 0 Å². The average molecular weight is 198 g/mol. The molecule has 2 unspecified atom stereocenters. The highest BCUT2D eigenvalue weighted by Gasteiger charge is 2.36. The largest absolute Gasteiger partial charge is 0.390 e. The zero-order chi connectivity index (χ0) is 10.2. The first-order valence-corrected chi connectivity index (χ1v) is 5.90. The molecular weight excluding hydrogens is 176 g/mol. The van der Waals surface area contributed by atoms with E-state index >= 15 is 0 Å². The first-order chi connectivity index (χ1) is 6.57. The van der Waals surface area contributed by atoms with Crippen molar-refractivity contribution in [2.45, 2.75) is 70.7 Å². The lowest BCUT2D eigenvalue weighted by atomic mass is 9.74. The van der Waals surface area contributed by atoms with Gasteiger partial charge in [0.1, 0.15) is 0 Å². The smallest absolute Gasteiger partial charge is 0.0842 e. The maximum Gasteiger partial charge on any atom is 0.0842 e. The highest BCUT2D eigenvalue weighted by atomic mass is 16.5. The van der Waals surface area contributed by atoms with Crippen molar-refractivity contribution in [2.75, 3.05) is 0 Å². The first kappa shape index (κ1) is 10.4. The molecule has 0 aromatic rings. The normalized spacial score (nSPS) is 37.9. The fourth-order valence-electron chi connectivity index (χ4n) is 2.40. The van der Waals surface area contributed by atoms with Gasteiger partial charge in [-0.05, 0) is 43.9 Å². The number of aliphatic hydroxyl groups excluding tert-OH is 1. The summed E-state index contributed by atoms with van der Waals surface area (Å²) in [6.45, 7) is 4.55. The SMILES string of the molecule is CC1(C)CCC(O)C(OC2CCC2)C1. The van der Waals surface area contributed by atoms with Gasteiger partial charge >= 0.3 is 0 Å². The highest BCUT2D eigenvalue weighted by molar-refractivity contribution is 4.87. The molecule has 2 fully saturated rings. The van der Waals surface area contributed by atoms with Crippen LogP contribution in [0.5, 0.6) is 0 Å². The fraction of sp³-hybridized carbons (Fsp3) is 1.00. The Morgan fingerprint density at radius 2 is 1.93 bits per heavy atom. The average Bonchev–Trinajstić information content (AvgIpc) is 2.03. The molecule has 2 aliphatic carbocycles. The number of ether oxygens (including phenoxy) is 1. The van der Waals surface area contributed by atoms with Gasteiger partial charge < -0.3 is 9.84 Å². The Balaban J connectivity index is 1.87. The molecule has 0 spiro atoms. The molecule has 0 aliphatic heterocycles. The fourth-order valence-corrected chi connectivity index (χ4v) is 2.40. The summed E-state index contributed by atoms with van der Waals surface area (Å²) in [5.41, 5.74) is 0.355. The minimum Gasteiger partial charge on any atom is -0.390 e. The predicted octanol–water partition coefficient (Wildman–Crippen LogP) is 2.50. The Kier molecular flexibility index (Phi) is 2.85. The highest BCUT2D eigenvalue weighted by Crippen LogP contribution is 2.38. The zero-order valence-corrected chi connectivity index (χ0v) is 9.33. The Morgan fingerprint density at radius 1 is 1.21 bits per heavy atom. The summed E-state index contributed by atoms with van der Waals surface area (Å²) in [4.78, 5) is 0. The van der Waals surface area contributed by atoms with Crippen molar-refractivity contribution in [1.82, 2.24) is 0 Å². The number of aliphatic hydroxyl groups is 1. The molecule has 2 atom stereocenters. The van der Waals surface area contributed by atoms with Crippen molar-refractivity contribution >= 4 is 0 Å². The van der Waals surface area contributed by atoms with E-state index in [1.165, 1.54) is 19.3 Å². The molecular formula is C12H22O2. The van der Waals surface area contributed by atoms with Crippen LogP contribution in [0.4, 0.5) is 0 Å². The second-order valence-corrected chi connectivity index (χ2v) is 5.70. The van der Waals surface area contributed by atoms with Gasteiger partial charge in [0.05, 0.1) is 18.3 Å². The number of rotatable bonds is 2. The molecule has 82 valence electrons. The second kappa shape index (κ2) is 3.82. The summed E-state index contributed by atoms with van der Waals surface area (Å²) in [7, 11) is 0. The minimum atomic E-state index is -0.219. The van der Waals surface area contributed by atoms with Gasteiger partial charge in [-0.25, -0.2) is 0 Å². The predicted molar refractivity (Wildman–Crippen MR) is 56.2 cm³/mol. The molecule has 0 heterocycles. The standard InChI is InChI=1S/C12H22O2/c1-12(2)7-6-10(13)11(8-12)14-9-4-3-5-9/h9-11,13H,3-8H2,1-2H3. The molecule has 2 aliphatic rings. The van der Waals surface area contributed by atoms with E-state index < -0.39 is 0 Å². The molecule has 0 aromatic carbocycles. The minimum absolute atomic E-state index is 0.101. The van der Waals surface area contributed by atoms with E-state index in [0.29, 0.717) is 11.5 Å². The number of hydrogen-bond donors (Lipinski definition) is 1. The maximum absolute atomic E-state index is 9.84. The van der Waals surface area contributed by atoms with Crippen LogP contribution in [0.2, 0.25) is 0 Å². The van der Waals surface area contributed by atoms with Gasteiger partial charge in [-0.1, -0.05) is 13.8 Å². The zero-order valence-electron chi connectivity index (χ0n) is 9.33. The van der Waals surface area contributed by atoms with Crippen molar-refractivity contribution < 1.29 is 9.84 Å². The van der Waals surface area contributed by atoms with Crippen LogP contribution in [0, 0.1) is 5.41 Å². The molecule has 2 heteroatoms. The summed E-state index contributed by atoms with van der Waals surface area (Å²) < 4.78 is 5.93. The first-order valence-electron chi connectivity index (χ1n) is 5.90. The molecule has 0 amide bonds. The lowest BCUT2D eigenvalue weighted by Crippen LogP contribution is -2.42.